The number of hydrogen-bond acceptors (Lipinski definition) is 7. The molecule has 2 aromatic rings. The molecule has 2 atom stereocenters. The van der Waals surface area contributed by atoms with Crippen LogP contribution < -0.4 is 15.1 Å². The largest absolute Gasteiger partial charge is 0.496 e. The highest BCUT2D eigenvalue weighted by molar-refractivity contribution is 5.87. The van der Waals surface area contributed by atoms with Gasteiger partial charge in [0.25, 0.3) is 0 Å². The van der Waals surface area contributed by atoms with Crippen molar-refractivity contribution in [2.75, 3.05) is 20.8 Å². The Balaban J connectivity index is 2.78. The first kappa shape index (κ1) is 15.3. The molecule has 1 aromatic carbocycles. The molecule has 114 valence electrons. The summed E-state index contributed by atoms with van der Waals surface area (Å²) in [5.74, 6) is 0.377. The average Bonchev–Trinajstić information content (AvgIpc) is 2.50. The normalized spacial score (nSPS) is 14.0. The third-order valence-electron chi connectivity index (χ3n) is 3.15. The minimum Gasteiger partial charge on any atom is -0.496 e. The van der Waals surface area contributed by atoms with Crippen molar-refractivity contribution in [2.45, 2.75) is 12.2 Å². The lowest BCUT2D eigenvalue weighted by Gasteiger charge is -2.22. The Morgan fingerprint density at radius 1 is 1.24 bits per heavy atom. The fourth-order valence-electron chi connectivity index (χ4n) is 2.14. The zero-order chi connectivity index (χ0) is 15.6. The van der Waals surface area contributed by atoms with Crippen LogP contribution in [0, 0.1) is 0 Å². The number of fused-ring (bicyclic) bond motifs is 1. The molecule has 2 unspecified atom stereocenters. The highest BCUT2D eigenvalue weighted by Crippen LogP contribution is 2.41. The van der Waals surface area contributed by atoms with Crippen molar-refractivity contribution >= 4 is 11.0 Å². The maximum absolute atomic E-state index is 11.3. The average molecular weight is 296 g/mol. The van der Waals surface area contributed by atoms with Gasteiger partial charge in [-0.25, -0.2) is 4.79 Å². The van der Waals surface area contributed by atoms with Crippen LogP contribution in [0.3, 0.4) is 0 Å². The van der Waals surface area contributed by atoms with Gasteiger partial charge < -0.3 is 29.2 Å². The van der Waals surface area contributed by atoms with Gasteiger partial charge in [0.2, 0.25) is 0 Å². The number of methoxy groups -OCH3 is 2. The van der Waals surface area contributed by atoms with Crippen LogP contribution in [-0.2, 0) is 0 Å². The highest BCUT2D eigenvalue weighted by atomic mass is 16.5. The first-order chi connectivity index (χ1) is 10.0. The summed E-state index contributed by atoms with van der Waals surface area (Å²) in [6.07, 6.45) is -2.82. The summed E-state index contributed by atoms with van der Waals surface area (Å²) in [7, 11) is 2.74. The van der Waals surface area contributed by atoms with E-state index in [0.717, 1.165) is 0 Å². The van der Waals surface area contributed by atoms with Gasteiger partial charge in [0.1, 0.15) is 29.3 Å². The van der Waals surface area contributed by atoms with Gasteiger partial charge in [0, 0.05) is 12.1 Å². The van der Waals surface area contributed by atoms with Crippen LogP contribution in [0.1, 0.15) is 11.7 Å². The van der Waals surface area contributed by atoms with Crippen molar-refractivity contribution in [3.63, 3.8) is 0 Å². The van der Waals surface area contributed by atoms with Gasteiger partial charge in [0.15, 0.2) is 0 Å². The molecule has 2 rings (SSSR count). The molecule has 3 N–H and O–H groups in total. The van der Waals surface area contributed by atoms with Crippen molar-refractivity contribution in [2.24, 2.45) is 0 Å². The van der Waals surface area contributed by atoms with Crippen LogP contribution in [0.15, 0.2) is 27.4 Å². The Bertz CT molecular complexity index is 692. The predicted octanol–water partition coefficient (Wildman–Crippen LogP) is 0.197. The van der Waals surface area contributed by atoms with Crippen molar-refractivity contribution in [1.29, 1.82) is 0 Å². The molecule has 0 bridgehead atoms. The van der Waals surface area contributed by atoms with Crippen LogP contribution in [0.4, 0.5) is 0 Å². The molecule has 0 radical (unpaired) electrons. The Kier molecular flexibility index (Phi) is 4.46. The fourth-order valence-corrected chi connectivity index (χ4v) is 2.14. The number of rotatable bonds is 5. The first-order valence-corrected chi connectivity index (χ1v) is 6.19. The smallest absolute Gasteiger partial charge is 0.336 e. The molecule has 0 aliphatic rings. The zero-order valence-corrected chi connectivity index (χ0v) is 11.6. The summed E-state index contributed by atoms with van der Waals surface area (Å²) in [5, 5.41) is 29.2. The van der Waals surface area contributed by atoms with E-state index in [1.807, 2.05) is 0 Å². The third kappa shape index (κ3) is 2.71. The summed E-state index contributed by atoms with van der Waals surface area (Å²) < 4.78 is 15.5. The van der Waals surface area contributed by atoms with Gasteiger partial charge in [0.05, 0.1) is 31.8 Å². The SMILES string of the molecule is COc1cc2oc(=O)ccc2c(OC)c1C(O)C(O)CO. The van der Waals surface area contributed by atoms with Crippen LogP contribution in [0.2, 0.25) is 0 Å². The minimum atomic E-state index is -1.42. The second-order valence-electron chi connectivity index (χ2n) is 4.39. The molecule has 0 saturated carbocycles. The molecule has 0 saturated heterocycles. The number of ether oxygens (including phenoxy) is 2. The molecular formula is C14H16O7. The van der Waals surface area contributed by atoms with Gasteiger partial charge >= 0.3 is 5.63 Å². The Labute approximate surface area is 120 Å². The maximum atomic E-state index is 11.3. The zero-order valence-electron chi connectivity index (χ0n) is 11.6. The van der Waals surface area contributed by atoms with E-state index in [1.165, 1.54) is 32.4 Å². The number of benzene rings is 1. The van der Waals surface area contributed by atoms with Crippen LogP contribution in [0.5, 0.6) is 11.5 Å². The van der Waals surface area contributed by atoms with E-state index in [4.69, 9.17) is 19.0 Å². The number of aliphatic hydroxyl groups excluding tert-OH is 3. The summed E-state index contributed by atoms with van der Waals surface area (Å²) in [4.78, 5) is 11.3. The van der Waals surface area contributed by atoms with Crippen LogP contribution in [-0.4, -0.2) is 42.3 Å². The predicted molar refractivity (Wildman–Crippen MR) is 73.6 cm³/mol. The molecule has 0 aliphatic heterocycles. The van der Waals surface area contributed by atoms with Crippen LogP contribution in [0.25, 0.3) is 11.0 Å². The Morgan fingerprint density at radius 2 is 1.95 bits per heavy atom. The third-order valence-corrected chi connectivity index (χ3v) is 3.15. The monoisotopic (exact) mass is 296 g/mol. The molecule has 7 heteroatoms. The quantitative estimate of drug-likeness (QED) is 0.676. The molecular weight excluding hydrogens is 280 g/mol. The van der Waals surface area contributed by atoms with Crippen LogP contribution >= 0.6 is 0 Å². The Morgan fingerprint density at radius 3 is 2.52 bits per heavy atom. The summed E-state index contributed by atoms with van der Waals surface area (Å²) in [6, 6.07) is 4.12. The van der Waals surface area contributed by atoms with Gasteiger partial charge in [-0.2, -0.15) is 0 Å². The van der Waals surface area contributed by atoms with Crippen molar-refractivity contribution in [3.05, 3.63) is 34.2 Å². The topological polar surface area (TPSA) is 109 Å². The lowest BCUT2D eigenvalue weighted by molar-refractivity contribution is -0.0171. The molecule has 0 spiro atoms. The van der Waals surface area contributed by atoms with Gasteiger partial charge in [-0.3, -0.25) is 0 Å². The molecule has 1 heterocycles. The van der Waals surface area contributed by atoms with E-state index in [2.05, 4.69) is 0 Å². The summed E-state index contributed by atoms with van der Waals surface area (Å²) >= 11 is 0. The first-order valence-electron chi connectivity index (χ1n) is 6.19. The second-order valence-corrected chi connectivity index (χ2v) is 4.39. The van der Waals surface area contributed by atoms with Gasteiger partial charge in [-0.15, -0.1) is 0 Å². The summed E-state index contributed by atoms with van der Waals surface area (Å²) in [6.45, 7) is -0.630. The molecule has 21 heavy (non-hydrogen) atoms. The second kappa shape index (κ2) is 6.13. The van der Waals surface area contributed by atoms with E-state index >= 15 is 0 Å². The molecule has 7 nitrogen and oxygen atoms in total. The van der Waals surface area contributed by atoms with Gasteiger partial charge in [-0.1, -0.05) is 0 Å². The van der Waals surface area contributed by atoms with Crippen molar-refractivity contribution < 1.29 is 29.2 Å². The van der Waals surface area contributed by atoms with E-state index in [-0.39, 0.29) is 22.6 Å². The molecule has 0 fully saturated rings. The summed E-state index contributed by atoms with van der Waals surface area (Å²) in [5.41, 5.74) is -0.135. The number of aliphatic hydroxyl groups is 3. The lowest BCUT2D eigenvalue weighted by atomic mass is 9.99. The lowest BCUT2D eigenvalue weighted by Crippen LogP contribution is -2.23. The van der Waals surface area contributed by atoms with E-state index in [0.29, 0.717) is 5.39 Å². The maximum Gasteiger partial charge on any atom is 0.336 e. The number of hydrogen-bond donors (Lipinski definition) is 3. The highest BCUT2D eigenvalue weighted by Gasteiger charge is 2.27. The van der Waals surface area contributed by atoms with Crippen molar-refractivity contribution in [3.8, 4) is 11.5 Å². The molecule has 1 aromatic heterocycles. The van der Waals surface area contributed by atoms with Gasteiger partial charge in [-0.05, 0) is 6.07 Å². The van der Waals surface area contributed by atoms with Crippen molar-refractivity contribution in [1.82, 2.24) is 0 Å². The standard InChI is InChI=1S/C14H16O7/c1-19-10-5-9-7(3-4-11(17)21-9)14(20-2)12(10)13(18)8(16)6-15/h3-5,8,13,15-16,18H,6H2,1-2H3. The minimum absolute atomic E-state index is 0.169. The molecule has 0 aliphatic carbocycles. The van der Waals surface area contributed by atoms with E-state index < -0.39 is 24.4 Å². The molecule has 0 amide bonds. The van der Waals surface area contributed by atoms with E-state index in [9.17, 15) is 15.0 Å². The van der Waals surface area contributed by atoms with E-state index in [1.54, 1.807) is 0 Å². The fraction of sp³-hybridized carbons (Fsp3) is 0.357. The Hall–Kier alpha value is -2.09.